The number of aromatic amines is 1. The van der Waals surface area contributed by atoms with E-state index in [0.29, 0.717) is 12.3 Å². The highest BCUT2D eigenvalue weighted by molar-refractivity contribution is 7.78. The summed E-state index contributed by atoms with van der Waals surface area (Å²) >= 11 is -1.64. The zero-order chi connectivity index (χ0) is 19.8. The molecule has 3 rings (SSSR count). The van der Waals surface area contributed by atoms with Gasteiger partial charge >= 0.3 is 0 Å². The van der Waals surface area contributed by atoms with E-state index in [1.807, 2.05) is 43.5 Å². The van der Waals surface area contributed by atoms with Crippen LogP contribution in [-0.2, 0) is 16.7 Å². The largest absolute Gasteiger partial charge is 0.389 e. The normalized spacial score (nSPS) is 14.4. The molecule has 27 heavy (non-hydrogen) atoms. The minimum atomic E-state index is -1.64. The van der Waals surface area contributed by atoms with Crippen molar-refractivity contribution in [3.63, 3.8) is 0 Å². The van der Waals surface area contributed by atoms with Crippen LogP contribution in [0.15, 0.2) is 24.3 Å². The number of fused-ring (bicyclic) bond motifs is 1. The van der Waals surface area contributed by atoms with Gasteiger partial charge in [-0.1, -0.05) is 39.8 Å². The second kappa shape index (κ2) is 7.44. The Labute approximate surface area is 162 Å². The Morgan fingerprint density at radius 2 is 2.00 bits per heavy atom. The van der Waals surface area contributed by atoms with E-state index in [2.05, 4.69) is 46.9 Å². The fraction of sp³-hybridized carbons (Fsp3) is 0.474. The molecule has 0 amide bonds. The van der Waals surface area contributed by atoms with E-state index in [0.717, 1.165) is 28.3 Å². The summed E-state index contributed by atoms with van der Waals surface area (Å²) in [6, 6.07) is 7.97. The predicted molar refractivity (Wildman–Crippen MR) is 107 cm³/mol. The van der Waals surface area contributed by atoms with Gasteiger partial charge in [0.25, 0.3) is 11.3 Å². The summed E-state index contributed by atoms with van der Waals surface area (Å²) in [4.78, 5) is 0. The van der Waals surface area contributed by atoms with Crippen molar-refractivity contribution in [1.82, 2.24) is 24.5 Å². The zero-order valence-corrected chi connectivity index (χ0v) is 17.5. The molecule has 1 aromatic carbocycles. The zero-order valence-electron chi connectivity index (χ0n) is 16.7. The first-order chi connectivity index (χ1) is 12.6. The number of benzene rings is 1. The molecule has 0 spiro atoms. The summed E-state index contributed by atoms with van der Waals surface area (Å²) in [6.45, 7) is 12.8. The van der Waals surface area contributed by atoms with E-state index in [1.54, 1.807) is 0 Å². The molecular weight excluding hydrogens is 362 g/mol. The third kappa shape index (κ3) is 4.39. The fourth-order valence-corrected chi connectivity index (χ4v) is 3.58. The van der Waals surface area contributed by atoms with Crippen molar-refractivity contribution in [1.29, 1.82) is 0 Å². The van der Waals surface area contributed by atoms with Gasteiger partial charge in [-0.2, -0.15) is 4.21 Å². The predicted octanol–water partition coefficient (Wildman–Crippen LogP) is 3.32. The SMILES string of the molecule is Cc1cc2nnc(C(C)CNS(=O)Oc3cc(C(C)(C)C)ccc3C)n2[nH]1. The monoisotopic (exact) mass is 389 g/mol. The van der Waals surface area contributed by atoms with Crippen molar-refractivity contribution < 1.29 is 8.39 Å². The van der Waals surface area contributed by atoms with E-state index in [4.69, 9.17) is 4.18 Å². The highest BCUT2D eigenvalue weighted by atomic mass is 32.2. The lowest BCUT2D eigenvalue weighted by molar-refractivity contribution is 0.531. The van der Waals surface area contributed by atoms with Crippen LogP contribution in [0.2, 0.25) is 0 Å². The van der Waals surface area contributed by atoms with Gasteiger partial charge < -0.3 is 4.18 Å². The van der Waals surface area contributed by atoms with E-state index in [9.17, 15) is 4.21 Å². The van der Waals surface area contributed by atoms with Crippen LogP contribution in [0.3, 0.4) is 0 Å². The maximum absolute atomic E-state index is 12.4. The molecule has 146 valence electrons. The molecule has 2 unspecified atom stereocenters. The molecule has 0 fully saturated rings. The van der Waals surface area contributed by atoms with Gasteiger partial charge in [0.05, 0.1) is 0 Å². The number of H-pyrrole nitrogens is 1. The molecule has 0 bridgehead atoms. The molecule has 0 aliphatic carbocycles. The average Bonchev–Trinajstić information content (AvgIpc) is 3.12. The van der Waals surface area contributed by atoms with Gasteiger partial charge in [-0.3, -0.25) is 5.10 Å². The van der Waals surface area contributed by atoms with Crippen LogP contribution >= 0.6 is 0 Å². The molecule has 7 nitrogen and oxygen atoms in total. The standard InChI is InChI=1S/C19H27N5O2S/c1-12-7-8-15(19(4,5)6)10-16(12)26-27(25)20-11-13(2)18-22-21-17-9-14(3)23-24(17)18/h7-10,13,20,23H,11H2,1-6H3. The van der Waals surface area contributed by atoms with Crippen LogP contribution in [-0.4, -0.2) is 30.6 Å². The van der Waals surface area contributed by atoms with Crippen LogP contribution in [0.1, 0.15) is 56.3 Å². The van der Waals surface area contributed by atoms with Crippen LogP contribution in [0.25, 0.3) is 5.65 Å². The Balaban J connectivity index is 1.64. The Hall–Kier alpha value is -2.19. The molecule has 2 N–H and O–H groups in total. The molecule has 0 saturated carbocycles. The summed E-state index contributed by atoms with van der Waals surface area (Å²) in [5.41, 5.74) is 3.89. The maximum atomic E-state index is 12.4. The van der Waals surface area contributed by atoms with Crippen molar-refractivity contribution in [2.45, 2.75) is 52.9 Å². The summed E-state index contributed by atoms with van der Waals surface area (Å²) < 4.78 is 22.8. The third-order valence-corrected chi connectivity index (χ3v) is 5.25. The molecule has 2 aromatic heterocycles. The van der Waals surface area contributed by atoms with Gasteiger partial charge in [0, 0.05) is 24.2 Å². The number of nitrogens with one attached hydrogen (secondary N) is 2. The van der Waals surface area contributed by atoms with Gasteiger partial charge in [0.2, 0.25) is 0 Å². The third-order valence-electron chi connectivity index (χ3n) is 4.51. The lowest BCUT2D eigenvalue weighted by Crippen LogP contribution is -2.27. The van der Waals surface area contributed by atoms with Gasteiger partial charge in [0.15, 0.2) is 11.5 Å². The smallest absolute Gasteiger partial charge is 0.288 e. The first kappa shape index (κ1) is 19.6. The Morgan fingerprint density at radius 3 is 2.70 bits per heavy atom. The van der Waals surface area contributed by atoms with Crippen molar-refractivity contribution in [3.8, 4) is 5.75 Å². The molecular formula is C19H27N5O2S. The maximum Gasteiger partial charge on any atom is 0.288 e. The van der Waals surface area contributed by atoms with E-state index >= 15 is 0 Å². The van der Waals surface area contributed by atoms with E-state index < -0.39 is 11.3 Å². The van der Waals surface area contributed by atoms with Gasteiger partial charge in [-0.05, 0) is 36.5 Å². The molecule has 3 aromatic rings. The minimum Gasteiger partial charge on any atom is -0.389 e. The number of rotatable bonds is 6. The fourth-order valence-electron chi connectivity index (χ4n) is 2.79. The Bertz CT molecular complexity index is 970. The van der Waals surface area contributed by atoms with Crippen molar-refractivity contribution in [2.75, 3.05) is 6.54 Å². The Kier molecular flexibility index (Phi) is 5.39. The summed E-state index contributed by atoms with van der Waals surface area (Å²) in [6.07, 6.45) is 0. The lowest BCUT2D eigenvalue weighted by atomic mass is 9.86. The highest BCUT2D eigenvalue weighted by Crippen LogP contribution is 2.28. The minimum absolute atomic E-state index is 0.00244. The quantitative estimate of drug-likeness (QED) is 0.677. The second-order valence-corrected chi connectivity index (χ2v) is 8.91. The van der Waals surface area contributed by atoms with Crippen LogP contribution in [0.5, 0.6) is 5.75 Å². The number of hydrogen-bond acceptors (Lipinski definition) is 4. The first-order valence-electron chi connectivity index (χ1n) is 9.00. The van der Waals surface area contributed by atoms with Crippen molar-refractivity contribution in [2.24, 2.45) is 0 Å². The molecule has 2 atom stereocenters. The molecule has 0 aliphatic rings. The van der Waals surface area contributed by atoms with Crippen LogP contribution in [0, 0.1) is 13.8 Å². The number of aryl methyl sites for hydroxylation is 2. The number of hydrogen-bond donors (Lipinski definition) is 2. The molecule has 0 radical (unpaired) electrons. The molecule has 2 heterocycles. The Morgan fingerprint density at radius 1 is 1.26 bits per heavy atom. The van der Waals surface area contributed by atoms with Crippen LogP contribution < -0.4 is 8.91 Å². The highest BCUT2D eigenvalue weighted by Gasteiger charge is 2.18. The van der Waals surface area contributed by atoms with E-state index in [-0.39, 0.29) is 11.3 Å². The van der Waals surface area contributed by atoms with Gasteiger partial charge in [-0.25, -0.2) is 9.24 Å². The second-order valence-electron chi connectivity index (χ2n) is 7.99. The van der Waals surface area contributed by atoms with Gasteiger partial charge in [0.1, 0.15) is 5.75 Å². The molecule has 8 heteroatoms. The van der Waals surface area contributed by atoms with Crippen LogP contribution in [0.4, 0.5) is 0 Å². The summed E-state index contributed by atoms with van der Waals surface area (Å²) in [5, 5.41) is 11.6. The molecule has 0 aliphatic heterocycles. The summed E-state index contributed by atoms with van der Waals surface area (Å²) in [5.74, 6) is 1.42. The summed E-state index contributed by atoms with van der Waals surface area (Å²) in [7, 11) is 0. The average molecular weight is 390 g/mol. The number of nitrogens with zero attached hydrogens (tertiary/aromatic N) is 3. The van der Waals surface area contributed by atoms with Gasteiger partial charge in [-0.15, -0.1) is 10.2 Å². The van der Waals surface area contributed by atoms with Crippen molar-refractivity contribution in [3.05, 3.63) is 46.9 Å². The molecule has 0 saturated heterocycles. The van der Waals surface area contributed by atoms with Crippen molar-refractivity contribution >= 4 is 16.9 Å². The van der Waals surface area contributed by atoms with E-state index in [1.165, 1.54) is 0 Å². The lowest BCUT2D eigenvalue weighted by Gasteiger charge is -2.20. The first-order valence-corrected chi connectivity index (χ1v) is 10.1. The topological polar surface area (TPSA) is 84.3 Å². The number of aromatic nitrogens is 4.